The van der Waals surface area contributed by atoms with Crippen LogP contribution in [0.3, 0.4) is 0 Å². The third-order valence-corrected chi connectivity index (χ3v) is 1.72. The van der Waals surface area contributed by atoms with E-state index in [9.17, 15) is 0 Å². The number of rotatable bonds is 5. The predicted octanol–water partition coefficient (Wildman–Crippen LogP) is 4.34. The molecule has 0 unspecified atom stereocenters. The first kappa shape index (κ1) is 16.2. The number of nitrogens with two attached hydrogens (primary N) is 1. The average molecular weight is 207 g/mol. The molecule has 0 aliphatic heterocycles. The lowest BCUT2D eigenvalue weighted by atomic mass is 10.1. The lowest BCUT2D eigenvalue weighted by Gasteiger charge is -2.00. The molecule has 0 rings (SSSR count). The quantitative estimate of drug-likeness (QED) is 0.667. The first-order chi connectivity index (χ1) is 7.20. The monoisotopic (exact) mass is 207 g/mol. The van der Waals surface area contributed by atoms with Gasteiger partial charge in [-0.3, -0.25) is 0 Å². The minimum absolute atomic E-state index is 0.749. The van der Waals surface area contributed by atoms with Crippen molar-refractivity contribution in [2.24, 2.45) is 5.73 Å². The Morgan fingerprint density at radius 2 is 1.73 bits per heavy atom. The van der Waals surface area contributed by atoms with E-state index in [1.54, 1.807) is 0 Å². The Labute approximate surface area is 95.1 Å². The summed E-state index contributed by atoms with van der Waals surface area (Å²) in [7, 11) is 0. The van der Waals surface area contributed by atoms with E-state index >= 15 is 0 Å². The standard InChI is InChI=1S/C12H19N.C2H6/c1-4-6-7-8-12(5-2)10-9-11(3)13;1-2/h4-8H,3,9-10,13H2,1-2H3;1-2H3/b6-4-,8-7-,12-5+;. The Morgan fingerprint density at radius 3 is 2.13 bits per heavy atom. The molecule has 0 spiro atoms. The molecular formula is C14H25N. The van der Waals surface area contributed by atoms with Crippen molar-refractivity contribution in [2.45, 2.75) is 40.5 Å². The van der Waals surface area contributed by atoms with Gasteiger partial charge in [0.15, 0.2) is 0 Å². The van der Waals surface area contributed by atoms with Crippen LogP contribution in [0.4, 0.5) is 0 Å². The summed E-state index contributed by atoms with van der Waals surface area (Å²) in [6.45, 7) is 11.7. The van der Waals surface area contributed by atoms with Crippen molar-refractivity contribution in [1.29, 1.82) is 0 Å². The van der Waals surface area contributed by atoms with Crippen molar-refractivity contribution in [3.8, 4) is 0 Å². The van der Waals surface area contributed by atoms with E-state index in [0.29, 0.717) is 0 Å². The molecule has 0 aliphatic rings. The van der Waals surface area contributed by atoms with Crippen LogP contribution >= 0.6 is 0 Å². The molecule has 0 heterocycles. The number of hydrogen-bond donors (Lipinski definition) is 1. The zero-order valence-corrected chi connectivity index (χ0v) is 10.6. The van der Waals surface area contributed by atoms with Gasteiger partial charge >= 0.3 is 0 Å². The SMILES string of the molecule is C=C(N)CCC(/C=C\C=C/C)=C/C.CC. The Balaban J connectivity index is 0. The van der Waals surface area contributed by atoms with Gasteiger partial charge in [-0.25, -0.2) is 0 Å². The minimum Gasteiger partial charge on any atom is -0.403 e. The first-order valence-corrected chi connectivity index (χ1v) is 5.58. The van der Waals surface area contributed by atoms with Crippen LogP contribution in [0.1, 0.15) is 40.5 Å². The van der Waals surface area contributed by atoms with Gasteiger partial charge in [0.2, 0.25) is 0 Å². The van der Waals surface area contributed by atoms with Crippen LogP contribution in [0.5, 0.6) is 0 Å². The zero-order valence-electron chi connectivity index (χ0n) is 10.6. The molecule has 15 heavy (non-hydrogen) atoms. The molecule has 0 aromatic carbocycles. The Kier molecular flexibility index (Phi) is 13.8. The molecule has 0 saturated heterocycles. The topological polar surface area (TPSA) is 26.0 Å². The second kappa shape index (κ2) is 12.8. The second-order valence-electron chi connectivity index (χ2n) is 2.91. The van der Waals surface area contributed by atoms with Crippen LogP contribution in [-0.2, 0) is 0 Å². The Bertz CT molecular complexity index is 232. The van der Waals surface area contributed by atoms with E-state index in [1.807, 2.05) is 45.9 Å². The maximum Gasteiger partial charge on any atom is 0.00108 e. The van der Waals surface area contributed by atoms with Gasteiger partial charge in [-0.15, -0.1) is 0 Å². The number of hydrogen-bond acceptors (Lipinski definition) is 1. The largest absolute Gasteiger partial charge is 0.403 e. The van der Waals surface area contributed by atoms with Crippen LogP contribution in [-0.4, -0.2) is 0 Å². The van der Waals surface area contributed by atoms with Gasteiger partial charge in [0.05, 0.1) is 0 Å². The summed E-state index contributed by atoms with van der Waals surface area (Å²) < 4.78 is 0. The summed E-state index contributed by atoms with van der Waals surface area (Å²) in [5, 5.41) is 0. The van der Waals surface area contributed by atoms with Crippen molar-refractivity contribution >= 4 is 0 Å². The molecule has 0 aliphatic carbocycles. The molecule has 0 amide bonds. The molecule has 0 fully saturated rings. The summed E-state index contributed by atoms with van der Waals surface area (Å²) in [4.78, 5) is 0. The fraction of sp³-hybridized carbons (Fsp3) is 0.429. The summed E-state index contributed by atoms with van der Waals surface area (Å²) >= 11 is 0. The van der Waals surface area contributed by atoms with Gasteiger partial charge in [-0.05, 0) is 26.7 Å². The van der Waals surface area contributed by atoms with E-state index in [4.69, 9.17) is 5.73 Å². The van der Waals surface area contributed by atoms with Crippen LogP contribution in [0, 0.1) is 0 Å². The highest BCUT2D eigenvalue weighted by Crippen LogP contribution is 2.08. The smallest absolute Gasteiger partial charge is 0.00108 e. The van der Waals surface area contributed by atoms with E-state index < -0.39 is 0 Å². The molecule has 0 bridgehead atoms. The van der Waals surface area contributed by atoms with Crippen molar-refractivity contribution in [3.05, 3.63) is 48.2 Å². The third kappa shape index (κ3) is 12.8. The first-order valence-electron chi connectivity index (χ1n) is 5.58. The van der Waals surface area contributed by atoms with E-state index in [1.165, 1.54) is 5.57 Å². The van der Waals surface area contributed by atoms with Gasteiger partial charge in [0, 0.05) is 5.70 Å². The fourth-order valence-electron chi connectivity index (χ4n) is 0.919. The molecule has 2 N–H and O–H groups in total. The Morgan fingerprint density at radius 1 is 1.13 bits per heavy atom. The molecule has 0 aromatic rings. The highest BCUT2D eigenvalue weighted by molar-refractivity contribution is 5.22. The second-order valence-corrected chi connectivity index (χ2v) is 2.91. The summed E-state index contributed by atoms with van der Waals surface area (Å²) in [6, 6.07) is 0. The predicted molar refractivity (Wildman–Crippen MR) is 71.6 cm³/mol. The summed E-state index contributed by atoms with van der Waals surface area (Å²) in [5.74, 6) is 0. The van der Waals surface area contributed by atoms with Crippen molar-refractivity contribution in [1.82, 2.24) is 0 Å². The lowest BCUT2D eigenvalue weighted by molar-refractivity contribution is 0.934. The van der Waals surface area contributed by atoms with Crippen LogP contribution in [0.25, 0.3) is 0 Å². The lowest BCUT2D eigenvalue weighted by Crippen LogP contribution is -1.94. The van der Waals surface area contributed by atoms with E-state index in [2.05, 4.69) is 18.7 Å². The molecule has 86 valence electrons. The van der Waals surface area contributed by atoms with Crippen LogP contribution in [0.15, 0.2) is 48.2 Å². The summed E-state index contributed by atoms with van der Waals surface area (Å²) in [5.41, 5.74) is 7.54. The van der Waals surface area contributed by atoms with Gasteiger partial charge in [0.25, 0.3) is 0 Å². The molecule has 0 atom stereocenters. The molecule has 1 nitrogen and oxygen atoms in total. The highest BCUT2D eigenvalue weighted by Gasteiger charge is 1.91. The van der Waals surface area contributed by atoms with Crippen LogP contribution < -0.4 is 5.73 Å². The Hall–Kier alpha value is -1.24. The normalized spacial score (nSPS) is 11.6. The van der Waals surface area contributed by atoms with E-state index in [0.717, 1.165) is 18.5 Å². The van der Waals surface area contributed by atoms with Crippen LogP contribution in [0.2, 0.25) is 0 Å². The molecule has 0 saturated carbocycles. The summed E-state index contributed by atoms with van der Waals surface area (Å²) in [6.07, 6.45) is 12.1. The highest BCUT2D eigenvalue weighted by atomic mass is 14.5. The van der Waals surface area contributed by atoms with Gasteiger partial charge in [-0.2, -0.15) is 0 Å². The fourth-order valence-corrected chi connectivity index (χ4v) is 0.919. The zero-order chi connectivity index (χ0) is 12.1. The molecular weight excluding hydrogens is 182 g/mol. The maximum absolute atomic E-state index is 5.49. The molecule has 0 aromatic heterocycles. The number of allylic oxidation sites excluding steroid dienone is 7. The average Bonchev–Trinajstić information content (AvgIpc) is 2.26. The maximum atomic E-state index is 5.49. The van der Waals surface area contributed by atoms with Gasteiger partial charge < -0.3 is 5.73 Å². The third-order valence-electron chi connectivity index (χ3n) is 1.72. The van der Waals surface area contributed by atoms with E-state index in [-0.39, 0.29) is 0 Å². The van der Waals surface area contributed by atoms with Gasteiger partial charge in [0.1, 0.15) is 0 Å². The molecule has 0 radical (unpaired) electrons. The van der Waals surface area contributed by atoms with Crippen molar-refractivity contribution in [3.63, 3.8) is 0 Å². The van der Waals surface area contributed by atoms with Crippen molar-refractivity contribution < 1.29 is 0 Å². The van der Waals surface area contributed by atoms with Gasteiger partial charge in [-0.1, -0.05) is 56.4 Å². The molecule has 1 heteroatoms. The minimum atomic E-state index is 0.749. The van der Waals surface area contributed by atoms with Crippen molar-refractivity contribution in [2.75, 3.05) is 0 Å².